The van der Waals surface area contributed by atoms with E-state index in [1.165, 1.54) is 33.4 Å². The van der Waals surface area contributed by atoms with Crippen LogP contribution in [0.5, 0.6) is 0 Å². The zero-order valence-electron chi connectivity index (χ0n) is 23.8. The molecule has 1 aliphatic rings. The number of fused-ring (bicyclic) bond motifs is 4. The van der Waals surface area contributed by atoms with Crippen molar-refractivity contribution in [3.63, 3.8) is 0 Å². The molecule has 0 unspecified atom stereocenters. The van der Waals surface area contributed by atoms with E-state index in [1.54, 1.807) is 0 Å². The number of aliphatic hydroxyl groups is 1. The Morgan fingerprint density at radius 1 is 0.974 bits per heavy atom. The smallest absolute Gasteiger partial charge is 0.162 e. The second-order valence-corrected chi connectivity index (χ2v) is 10.7. The third-order valence-electron chi connectivity index (χ3n) is 8.11. The molecule has 4 nitrogen and oxygen atoms in total. The summed E-state index contributed by atoms with van der Waals surface area (Å²) in [6.45, 7) is 12.6. The molecule has 0 spiro atoms. The van der Waals surface area contributed by atoms with Gasteiger partial charge in [0, 0.05) is 55.8 Å². The maximum Gasteiger partial charge on any atom is 0.162 e. The number of pyridine rings is 2. The van der Waals surface area contributed by atoms with Gasteiger partial charge in [-0.3, -0.25) is 9.78 Å². The third-order valence-corrected chi connectivity index (χ3v) is 8.11. The summed E-state index contributed by atoms with van der Waals surface area (Å²) in [7, 11) is 0. The van der Waals surface area contributed by atoms with Crippen molar-refractivity contribution >= 4 is 27.5 Å². The van der Waals surface area contributed by atoms with E-state index < -0.39 is 0 Å². The molecule has 1 aliphatic carbocycles. The van der Waals surface area contributed by atoms with Crippen LogP contribution in [0.25, 0.3) is 32.9 Å². The minimum absolute atomic E-state index is 0. The molecule has 0 atom stereocenters. The summed E-state index contributed by atoms with van der Waals surface area (Å²) in [4.78, 5) is 21.0. The van der Waals surface area contributed by atoms with E-state index in [-0.39, 0.29) is 48.9 Å². The first-order valence-corrected chi connectivity index (χ1v) is 13.9. The molecule has 5 rings (SSSR count). The molecule has 1 N–H and O–H groups in total. The van der Waals surface area contributed by atoms with Gasteiger partial charge in [0.15, 0.2) is 5.78 Å². The number of carbonyl (C=O) groups excluding carboxylic acids is 1. The molecule has 2 aromatic carbocycles. The number of carbonyl (C=O) groups is 1. The average Bonchev–Trinajstić information content (AvgIpc) is 2.93. The fourth-order valence-electron chi connectivity index (χ4n) is 5.77. The van der Waals surface area contributed by atoms with E-state index in [2.05, 4.69) is 55.2 Å². The molecule has 0 saturated carbocycles. The topological polar surface area (TPSA) is 63.1 Å². The van der Waals surface area contributed by atoms with Gasteiger partial charge in [-0.15, -0.1) is 29.1 Å². The van der Waals surface area contributed by atoms with Crippen LogP contribution >= 0.6 is 0 Å². The van der Waals surface area contributed by atoms with Crippen LogP contribution in [0.4, 0.5) is 0 Å². The van der Waals surface area contributed by atoms with Crippen molar-refractivity contribution in [3.8, 4) is 11.3 Å². The van der Waals surface area contributed by atoms with Crippen LogP contribution in [-0.2, 0) is 30.3 Å². The maximum atomic E-state index is 11.7. The van der Waals surface area contributed by atoms with Crippen molar-refractivity contribution in [2.45, 2.75) is 72.6 Å². The quantitative estimate of drug-likeness (QED) is 0.119. The van der Waals surface area contributed by atoms with Gasteiger partial charge >= 0.3 is 0 Å². The molecule has 0 fully saturated rings. The summed E-state index contributed by atoms with van der Waals surface area (Å²) in [5, 5.41) is 13.5. The van der Waals surface area contributed by atoms with Crippen LogP contribution in [0.3, 0.4) is 0 Å². The number of aromatic nitrogens is 2. The molecule has 0 bridgehead atoms. The van der Waals surface area contributed by atoms with Gasteiger partial charge in [-0.2, -0.15) is 0 Å². The summed E-state index contributed by atoms with van der Waals surface area (Å²) < 4.78 is 0. The Morgan fingerprint density at radius 2 is 1.67 bits per heavy atom. The Labute approximate surface area is 246 Å². The summed E-state index contributed by atoms with van der Waals surface area (Å²) in [5.74, 6) is 0.547. The van der Waals surface area contributed by atoms with Crippen LogP contribution in [0.2, 0.25) is 0 Å². The van der Waals surface area contributed by atoms with Gasteiger partial charge in [-0.05, 0) is 48.4 Å². The standard InChI is InChI=1S/C21H15N2.C13H24O2.Ir/c1-21(2)16-10-4-7-13-6-3-8-15(18(13)16)20-19(21)14-9-5-11-22-17(14)12-23-20;1-5-10(6-2)12(14)9-13(15)11(7-3)8-4;/h3-7,9-12H,1-2H3;9-11,14H,5-8H2,1-4H3;/q-1;;/b;12-9-;. The molecule has 39 heavy (non-hydrogen) atoms. The number of hydrogen-bond acceptors (Lipinski definition) is 4. The van der Waals surface area contributed by atoms with Crippen LogP contribution in [-0.4, -0.2) is 20.9 Å². The average molecular weight is 700 g/mol. The Morgan fingerprint density at radius 3 is 2.33 bits per heavy atom. The zero-order chi connectivity index (χ0) is 27.4. The summed E-state index contributed by atoms with van der Waals surface area (Å²) in [6, 6.07) is 18.3. The molecule has 0 amide bonds. The zero-order valence-corrected chi connectivity index (χ0v) is 26.2. The Hall–Kier alpha value is -2.88. The molecule has 207 valence electrons. The predicted octanol–water partition coefficient (Wildman–Crippen LogP) is 8.76. The van der Waals surface area contributed by atoms with Crippen molar-refractivity contribution in [1.29, 1.82) is 0 Å². The van der Waals surface area contributed by atoms with Crippen LogP contribution in [0.1, 0.15) is 78.4 Å². The molecule has 0 aliphatic heterocycles. The largest absolute Gasteiger partial charge is 0.512 e. The van der Waals surface area contributed by atoms with Gasteiger partial charge in [-0.25, -0.2) is 0 Å². The van der Waals surface area contributed by atoms with Crippen LogP contribution in [0, 0.1) is 17.9 Å². The number of allylic oxidation sites excluding steroid dienone is 2. The molecule has 5 heteroatoms. The predicted molar refractivity (Wildman–Crippen MR) is 157 cm³/mol. The summed E-state index contributed by atoms with van der Waals surface area (Å²) >= 11 is 0. The first-order valence-electron chi connectivity index (χ1n) is 13.9. The number of rotatable bonds is 7. The normalized spacial score (nSPS) is 13.6. The number of nitrogens with zero attached hydrogens (tertiary/aromatic N) is 2. The second-order valence-electron chi connectivity index (χ2n) is 10.7. The van der Waals surface area contributed by atoms with Crippen LogP contribution < -0.4 is 0 Å². The van der Waals surface area contributed by atoms with Crippen molar-refractivity contribution in [3.05, 3.63) is 83.9 Å². The first kappa shape index (κ1) is 30.7. The number of hydrogen-bond donors (Lipinski definition) is 1. The monoisotopic (exact) mass is 700 g/mol. The van der Waals surface area contributed by atoms with E-state index in [4.69, 9.17) is 4.98 Å². The molecule has 4 aromatic rings. The summed E-state index contributed by atoms with van der Waals surface area (Å²) in [6.07, 6.45) is 8.61. The Bertz CT molecular complexity index is 1480. The Kier molecular flexibility index (Phi) is 10.2. The van der Waals surface area contributed by atoms with E-state index in [0.29, 0.717) is 0 Å². The van der Waals surface area contributed by atoms with E-state index in [9.17, 15) is 9.90 Å². The number of aliphatic hydroxyl groups excluding tert-OH is 1. The van der Waals surface area contributed by atoms with Gasteiger partial charge in [0.25, 0.3) is 0 Å². The molecular weight excluding hydrogens is 661 g/mol. The van der Waals surface area contributed by atoms with Gasteiger partial charge < -0.3 is 10.1 Å². The molecule has 1 radical (unpaired) electrons. The fourth-order valence-corrected chi connectivity index (χ4v) is 5.77. The van der Waals surface area contributed by atoms with Gasteiger partial charge in [-0.1, -0.05) is 76.8 Å². The van der Waals surface area contributed by atoms with Crippen molar-refractivity contribution in [2.75, 3.05) is 0 Å². The Balaban J connectivity index is 0.000000233. The fraction of sp³-hybridized carbons (Fsp3) is 0.382. The van der Waals surface area contributed by atoms with Crippen LogP contribution in [0.15, 0.2) is 66.7 Å². The molecule has 2 aromatic heterocycles. The second kappa shape index (κ2) is 13.0. The van der Waals surface area contributed by atoms with E-state index >= 15 is 0 Å². The van der Waals surface area contributed by atoms with Crippen molar-refractivity contribution in [2.24, 2.45) is 11.8 Å². The minimum Gasteiger partial charge on any atom is -0.512 e. The SMILES string of the molecule is CC1(C)c2c(ncc3ncccc23)-c2[c-]ccc3cccc1c23.CCC(CC)C(=O)/C=C(\O)C(CC)CC.[Ir]. The summed E-state index contributed by atoms with van der Waals surface area (Å²) in [5.41, 5.74) is 5.58. The van der Waals surface area contributed by atoms with Crippen molar-refractivity contribution in [1.82, 2.24) is 9.97 Å². The first-order chi connectivity index (χ1) is 18.3. The van der Waals surface area contributed by atoms with Crippen molar-refractivity contribution < 1.29 is 30.0 Å². The number of benzene rings is 2. The van der Waals surface area contributed by atoms with Gasteiger partial charge in [0.05, 0.1) is 11.3 Å². The van der Waals surface area contributed by atoms with Gasteiger partial charge in [0.1, 0.15) is 0 Å². The molecular formula is C34H39IrN2O2-. The van der Waals surface area contributed by atoms with E-state index in [1.807, 2.05) is 52.2 Å². The molecule has 0 saturated heterocycles. The van der Waals surface area contributed by atoms with E-state index in [0.717, 1.165) is 42.5 Å². The maximum absolute atomic E-state index is 11.7. The minimum atomic E-state index is -0.118. The molecule has 2 heterocycles. The number of ketones is 1. The van der Waals surface area contributed by atoms with Gasteiger partial charge in [0.2, 0.25) is 0 Å². The third kappa shape index (κ3) is 5.85.